The largest absolute Gasteiger partial charge is 0.459 e. The highest BCUT2D eigenvalue weighted by atomic mass is 16.3. The van der Waals surface area contributed by atoms with Gasteiger partial charge in [-0.1, -0.05) is 6.07 Å². The predicted octanol–water partition coefficient (Wildman–Crippen LogP) is 3.08. The molecule has 2 aromatic rings. The highest BCUT2D eigenvalue weighted by Gasteiger charge is 2.11. The van der Waals surface area contributed by atoms with Crippen molar-refractivity contribution in [2.75, 3.05) is 7.05 Å². The van der Waals surface area contributed by atoms with E-state index in [9.17, 15) is 0 Å². The van der Waals surface area contributed by atoms with Crippen molar-refractivity contribution in [3.63, 3.8) is 0 Å². The molecule has 0 radical (unpaired) electrons. The summed E-state index contributed by atoms with van der Waals surface area (Å²) < 4.78 is 5.84. The second-order valence-electron chi connectivity index (χ2n) is 4.14. The van der Waals surface area contributed by atoms with Gasteiger partial charge in [0, 0.05) is 5.39 Å². The quantitative estimate of drug-likeness (QED) is 0.811. The Morgan fingerprint density at radius 3 is 2.60 bits per heavy atom. The van der Waals surface area contributed by atoms with Gasteiger partial charge in [0.2, 0.25) is 0 Å². The first-order valence-corrected chi connectivity index (χ1v) is 5.27. The van der Waals surface area contributed by atoms with Crippen molar-refractivity contribution < 1.29 is 4.42 Å². The van der Waals surface area contributed by atoms with E-state index in [1.807, 2.05) is 7.05 Å². The van der Waals surface area contributed by atoms with E-state index in [1.165, 1.54) is 22.1 Å². The molecule has 0 aliphatic carbocycles. The minimum absolute atomic E-state index is 0.791. The van der Waals surface area contributed by atoms with E-state index in [-0.39, 0.29) is 0 Å². The van der Waals surface area contributed by atoms with E-state index in [0.717, 1.165) is 17.9 Å². The summed E-state index contributed by atoms with van der Waals surface area (Å²) >= 11 is 0. The van der Waals surface area contributed by atoms with Crippen LogP contribution in [0.5, 0.6) is 0 Å². The highest BCUT2D eigenvalue weighted by Crippen LogP contribution is 2.29. The zero-order valence-electron chi connectivity index (χ0n) is 9.77. The van der Waals surface area contributed by atoms with Crippen LogP contribution >= 0.6 is 0 Å². The van der Waals surface area contributed by atoms with Gasteiger partial charge in [0.05, 0.1) is 6.54 Å². The molecule has 1 aromatic heterocycles. The van der Waals surface area contributed by atoms with Crippen LogP contribution in [-0.4, -0.2) is 7.05 Å². The van der Waals surface area contributed by atoms with Crippen molar-refractivity contribution in [3.05, 3.63) is 34.6 Å². The first kappa shape index (κ1) is 10.2. The molecule has 2 heteroatoms. The van der Waals surface area contributed by atoms with Crippen LogP contribution in [0, 0.1) is 20.8 Å². The Hall–Kier alpha value is -1.28. The van der Waals surface area contributed by atoms with Gasteiger partial charge in [-0.05, 0) is 50.6 Å². The van der Waals surface area contributed by atoms with Crippen molar-refractivity contribution in [2.24, 2.45) is 0 Å². The molecule has 0 unspecified atom stereocenters. The van der Waals surface area contributed by atoms with Crippen LogP contribution in [0.25, 0.3) is 11.0 Å². The number of fused-ring (bicyclic) bond motifs is 1. The summed E-state index contributed by atoms with van der Waals surface area (Å²) in [6.07, 6.45) is 0. The Morgan fingerprint density at radius 1 is 1.20 bits per heavy atom. The molecule has 15 heavy (non-hydrogen) atoms. The summed E-state index contributed by atoms with van der Waals surface area (Å²) in [4.78, 5) is 0. The maximum Gasteiger partial charge on any atom is 0.135 e. The summed E-state index contributed by atoms with van der Waals surface area (Å²) in [7, 11) is 1.94. The second kappa shape index (κ2) is 3.70. The summed E-state index contributed by atoms with van der Waals surface area (Å²) in [6.45, 7) is 7.16. The molecule has 1 heterocycles. The van der Waals surface area contributed by atoms with Crippen LogP contribution in [-0.2, 0) is 6.54 Å². The molecule has 2 nitrogen and oxygen atoms in total. The lowest BCUT2D eigenvalue weighted by molar-refractivity contribution is 0.527. The molecule has 0 bridgehead atoms. The molecule has 1 aromatic carbocycles. The number of furan rings is 1. The molecule has 0 fully saturated rings. The molecule has 0 spiro atoms. The van der Waals surface area contributed by atoms with Crippen molar-refractivity contribution in [1.29, 1.82) is 0 Å². The number of rotatable bonds is 2. The zero-order chi connectivity index (χ0) is 11.0. The average molecular weight is 203 g/mol. The van der Waals surface area contributed by atoms with Gasteiger partial charge in [0.1, 0.15) is 11.3 Å². The van der Waals surface area contributed by atoms with Gasteiger partial charge in [-0.15, -0.1) is 0 Å². The van der Waals surface area contributed by atoms with Gasteiger partial charge in [-0.3, -0.25) is 0 Å². The lowest BCUT2D eigenvalue weighted by Gasteiger charge is -1.98. The summed E-state index contributed by atoms with van der Waals surface area (Å²) in [5, 5.41) is 4.40. The molecule has 1 N–H and O–H groups in total. The molecule has 2 rings (SSSR count). The van der Waals surface area contributed by atoms with Crippen molar-refractivity contribution in [3.8, 4) is 0 Å². The molecule has 0 atom stereocenters. The first-order valence-electron chi connectivity index (χ1n) is 5.27. The topological polar surface area (TPSA) is 25.2 Å². The summed E-state index contributed by atoms with van der Waals surface area (Å²) in [5.41, 5.74) is 4.82. The molecular formula is C13H17NO. The average Bonchev–Trinajstić information content (AvgIpc) is 2.43. The van der Waals surface area contributed by atoms with Gasteiger partial charge in [-0.2, -0.15) is 0 Å². The number of benzene rings is 1. The first-order chi connectivity index (χ1) is 7.13. The minimum atomic E-state index is 0.791. The lowest BCUT2D eigenvalue weighted by atomic mass is 10.0. The van der Waals surface area contributed by atoms with Crippen LogP contribution in [0.15, 0.2) is 16.5 Å². The fraction of sp³-hybridized carbons (Fsp3) is 0.385. The van der Waals surface area contributed by atoms with Crippen molar-refractivity contribution in [2.45, 2.75) is 27.3 Å². The number of hydrogen-bond acceptors (Lipinski definition) is 2. The minimum Gasteiger partial charge on any atom is -0.459 e. The second-order valence-corrected chi connectivity index (χ2v) is 4.14. The number of aryl methyl sites for hydroxylation is 3. The number of hydrogen-bond donors (Lipinski definition) is 1. The van der Waals surface area contributed by atoms with Crippen LogP contribution in [0.3, 0.4) is 0 Å². The third-order valence-corrected chi connectivity index (χ3v) is 2.81. The molecule has 0 saturated carbocycles. The van der Waals surface area contributed by atoms with Gasteiger partial charge in [-0.25, -0.2) is 0 Å². The van der Waals surface area contributed by atoms with Crippen molar-refractivity contribution >= 4 is 11.0 Å². The Morgan fingerprint density at radius 2 is 1.93 bits per heavy atom. The van der Waals surface area contributed by atoms with E-state index < -0.39 is 0 Å². The van der Waals surface area contributed by atoms with E-state index in [4.69, 9.17) is 4.42 Å². The Labute approximate surface area is 90.3 Å². The summed E-state index contributed by atoms with van der Waals surface area (Å²) in [5.74, 6) is 1.04. The lowest BCUT2D eigenvalue weighted by Crippen LogP contribution is -2.04. The van der Waals surface area contributed by atoms with E-state index in [0.29, 0.717) is 0 Å². The molecule has 80 valence electrons. The van der Waals surface area contributed by atoms with Gasteiger partial charge in [0.15, 0.2) is 0 Å². The monoisotopic (exact) mass is 203 g/mol. The van der Waals surface area contributed by atoms with Crippen LogP contribution in [0.1, 0.15) is 22.5 Å². The Balaban J connectivity index is 2.70. The van der Waals surface area contributed by atoms with Gasteiger partial charge in [0.25, 0.3) is 0 Å². The molecule has 0 amide bonds. The SMILES string of the molecule is CNCc1oc2cc(C)cc(C)c2c1C. The van der Waals surface area contributed by atoms with Crippen LogP contribution in [0.4, 0.5) is 0 Å². The standard InChI is InChI=1S/C13H17NO/c1-8-5-9(2)13-10(3)12(7-14-4)15-11(13)6-8/h5-6,14H,7H2,1-4H3. The Kier molecular flexibility index (Phi) is 2.53. The molecule has 0 aliphatic heterocycles. The number of nitrogens with one attached hydrogen (secondary N) is 1. The third-order valence-electron chi connectivity index (χ3n) is 2.81. The Bertz CT molecular complexity index is 497. The van der Waals surface area contributed by atoms with Crippen LogP contribution in [0.2, 0.25) is 0 Å². The smallest absolute Gasteiger partial charge is 0.135 e. The van der Waals surface area contributed by atoms with E-state index in [1.54, 1.807) is 0 Å². The van der Waals surface area contributed by atoms with Gasteiger partial charge >= 0.3 is 0 Å². The van der Waals surface area contributed by atoms with Gasteiger partial charge < -0.3 is 9.73 Å². The molecule has 0 aliphatic rings. The fourth-order valence-corrected chi connectivity index (χ4v) is 2.17. The van der Waals surface area contributed by atoms with E-state index in [2.05, 4.69) is 38.2 Å². The molecular weight excluding hydrogens is 186 g/mol. The maximum atomic E-state index is 5.84. The highest BCUT2D eigenvalue weighted by molar-refractivity contribution is 5.86. The van der Waals surface area contributed by atoms with E-state index >= 15 is 0 Å². The normalized spacial score (nSPS) is 11.2. The molecule has 0 saturated heterocycles. The maximum absolute atomic E-state index is 5.84. The van der Waals surface area contributed by atoms with Crippen molar-refractivity contribution in [1.82, 2.24) is 5.32 Å². The predicted molar refractivity (Wildman–Crippen MR) is 63.2 cm³/mol. The summed E-state index contributed by atoms with van der Waals surface area (Å²) in [6, 6.07) is 4.31. The zero-order valence-corrected chi connectivity index (χ0v) is 9.77. The van der Waals surface area contributed by atoms with Crippen LogP contribution < -0.4 is 5.32 Å². The fourth-order valence-electron chi connectivity index (χ4n) is 2.17. The third kappa shape index (κ3) is 1.65.